The van der Waals surface area contributed by atoms with Crippen LogP contribution in [0.15, 0.2) is 29.9 Å². The molecule has 4 heterocycles. The van der Waals surface area contributed by atoms with E-state index in [-0.39, 0.29) is 149 Å². The van der Waals surface area contributed by atoms with Crippen molar-refractivity contribution >= 4 is 77.4 Å². The standard InChI is InChI=1S/C14H23N3O5.C14H21N3O5.C13H20N4O4.C10H19N3O3.C7H11N5O2.C3H4.C2HF3O.CO2.CH4O.2CH4.H3N/c2*1-9(6-12(19)22-14(2,3)4)11(18)8-17-7-10(15-16-17)13(20)21-5;1-8(5-11(19)21-13(2,3)4)10(18)7-17-6-9(12(14)20)15-16-17;1-7(8(14)6-12-13-11)5-9(15)16-10(2,3)4;1-4(8)6(13)3-12-2-5(7(9)14)10-11-12;1-3-2;3-2(4,5)1-6;2-1-3;1-2;;;/h7,9,11,18H,6,8H2,1-5H3;7,9H,6,8H2,1-5H3;6,8H,5,7H2,1-4H3,(H2,14,20);7-8,14H,5-6H2,1-4H3;2,4H,3,8H2,1H3,(H2,9,14);1H,2H3;1H;;2H,1H3;2*1H4;1H3/t9-,11?;9-;8-;7-,8?;4-;;;;;;;/m11110......./s1. The Morgan fingerprint density at radius 2 is 0.804 bits per heavy atom. The molecule has 4 rings (SSSR count). The Morgan fingerprint density at radius 1 is 0.554 bits per heavy atom. The topological polar surface area (TPSA) is 640 Å². The van der Waals surface area contributed by atoms with Gasteiger partial charge in [-0.15, -0.1) is 32.7 Å². The second kappa shape index (κ2) is 58.8. The minimum atomic E-state index is -4.64. The highest BCUT2D eigenvalue weighted by Crippen LogP contribution is 2.19. The number of hydrogen-bond acceptors (Lipinski definition) is 34. The summed E-state index contributed by atoms with van der Waals surface area (Å²) in [7, 11) is 3.48. The number of nitrogens with two attached hydrogens (primary N) is 3. The van der Waals surface area contributed by atoms with Gasteiger partial charge < -0.3 is 67.1 Å². The maximum absolute atomic E-state index is 12.0. The number of aldehydes is 1. The molecule has 0 aromatic carbocycles. The molecule has 42 nitrogen and oxygen atoms in total. The SMILES string of the molecule is C.C.C#CC.CO.COC(=O)c1cn(CC(=O)[C@H](C)CC(=O)OC(C)(C)C)nn1.COC(=O)c1cn(CC(O)[C@H](C)CC(=O)OC(C)(C)C)nn1.C[C@H](CC(=O)OC(C)(C)C)C(=O)Cn1cc(C(N)=O)nn1.C[C@H](CC(=O)OC(C)(C)C)C(O)CN=[N+]=[N-].C[C@H](N)C(=O)Cn1cc(C(N)=O)nn1.N.O=C=O.O=CC(F)(F)F. The van der Waals surface area contributed by atoms with Crippen LogP contribution in [0.5, 0.6) is 0 Å². The summed E-state index contributed by atoms with van der Waals surface area (Å²) < 4.78 is 65.9. The van der Waals surface area contributed by atoms with Gasteiger partial charge in [-0.3, -0.25) is 47.9 Å². The average molecular weight is 1610 g/mol. The Morgan fingerprint density at radius 3 is 1.05 bits per heavy atom. The van der Waals surface area contributed by atoms with Crippen molar-refractivity contribution in [3.8, 4) is 12.3 Å². The van der Waals surface area contributed by atoms with Gasteiger partial charge in [0.2, 0.25) is 6.29 Å². The molecule has 4 aromatic rings. The van der Waals surface area contributed by atoms with Crippen LogP contribution >= 0.6 is 0 Å². The third-order valence-corrected chi connectivity index (χ3v) is 11.8. The van der Waals surface area contributed by atoms with Crippen LogP contribution in [0.25, 0.3) is 10.4 Å². The van der Waals surface area contributed by atoms with Crippen LogP contribution in [-0.4, -0.2) is 227 Å². The molecule has 0 aliphatic carbocycles. The molecular weight excluding hydrogens is 1500 g/mol. The summed E-state index contributed by atoms with van der Waals surface area (Å²) in [4.78, 5) is 153. The molecule has 12 N–H and O–H groups in total. The Labute approximate surface area is 647 Å². The number of terminal acetylenes is 1. The summed E-state index contributed by atoms with van der Waals surface area (Å²) in [6.07, 6.45) is 3.01. The highest BCUT2D eigenvalue weighted by molar-refractivity contribution is 5.91. The van der Waals surface area contributed by atoms with Gasteiger partial charge in [0.25, 0.3) is 11.8 Å². The lowest BCUT2D eigenvalue weighted by molar-refractivity contribution is -0.192. The second-order valence-corrected chi connectivity index (χ2v) is 26.6. The molecule has 112 heavy (non-hydrogen) atoms. The van der Waals surface area contributed by atoms with Gasteiger partial charge in [0.05, 0.1) is 96.0 Å². The molecule has 0 aliphatic heterocycles. The van der Waals surface area contributed by atoms with Gasteiger partial charge >= 0.3 is 48.1 Å². The van der Waals surface area contributed by atoms with E-state index in [1.165, 1.54) is 57.7 Å². The number of methoxy groups -OCH3 is 2. The first-order valence-electron chi connectivity index (χ1n) is 32.3. The zero-order chi connectivity index (χ0) is 86.1. The number of esters is 6. The number of primary amides is 2. The van der Waals surface area contributed by atoms with Gasteiger partial charge in [0.1, 0.15) is 42.0 Å². The molecule has 4 aromatic heterocycles. The number of carbonyl (C=O) groups is 12. The van der Waals surface area contributed by atoms with E-state index in [0.29, 0.717) is 0 Å². The molecule has 0 aliphatic rings. The van der Waals surface area contributed by atoms with Crippen molar-refractivity contribution in [3.05, 3.63) is 58.0 Å². The number of azide groups is 1. The summed E-state index contributed by atoms with van der Waals surface area (Å²) in [6.45, 7) is 31.2. The number of nitrogens with zero attached hydrogens (tertiary/aromatic N) is 15. The summed E-state index contributed by atoms with van der Waals surface area (Å²) in [5.41, 5.74) is 21.3. The van der Waals surface area contributed by atoms with Crippen LogP contribution in [0.3, 0.4) is 0 Å². The van der Waals surface area contributed by atoms with E-state index in [1.54, 1.807) is 125 Å². The molecule has 0 saturated heterocycles. The fourth-order valence-corrected chi connectivity index (χ4v) is 6.80. The Balaban J connectivity index is -0.000000193. The normalized spacial score (nSPS) is 12.1. The van der Waals surface area contributed by atoms with Crippen molar-refractivity contribution in [3.63, 3.8) is 0 Å². The minimum Gasteiger partial charge on any atom is -0.464 e. The molecule has 2 amide bonds. The van der Waals surface area contributed by atoms with Crippen LogP contribution < -0.4 is 23.4 Å². The summed E-state index contributed by atoms with van der Waals surface area (Å²) in [6, 6.07) is -0.559. The highest BCUT2D eigenvalue weighted by atomic mass is 19.4. The van der Waals surface area contributed by atoms with Gasteiger partial charge in [-0.05, 0) is 114 Å². The molecule has 0 saturated carbocycles. The first-order chi connectivity index (χ1) is 50.0. The van der Waals surface area contributed by atoms with Crippen LogP contribution in [0.2, 0.25) is 0 Å². The third kappa shape index (κ3) is 61.7. The van der Waals surface area contributed by atoms with Gasteiger partial charge in [-0.2, -0.15) is 22.8 Å². The molecule has 45 heteroatoms. The van der Waals surface area contributed by atoms with Crippen molar-refractivity contribution in [1.29, 1.82) is 0 Å². The van der Waals surface area contributed by atoms with Gasteiger partial charge in [0, 0.05) is 23.9 Å². The van der Waals surface area contributed by atoms with Crippen molar-refractivity contribution in [2.45, 2.75) is 238 Å². The zero-order valence-corrected chi connectivity index (χ0v) is 65.7. The number of ether oxygens (including phenoxy) is 6. The lowest BCUT2D eigenvalue weighted by Crippen LogP contribution is -2.30. The average Bonchev–Trinajstić information content (AvgIpc) is 1.74. The molecule has 0 fully saturated rings. The van der Waals surface area contributed by atoms with E-state index in [1.807, 2.05) is 0 Å². The predicted octanol–water partition coefficient (Wildman–Crippen LogP) is 4.27. The first-order valence-corrected chi connectivity index (χ1v) is 32.3. The molecule has 0 bridgehead atoms. The number of alkyl halides is 3. The number of ketones is 3. The van der Waals surface area contributed by atoms with Crippen LogP contribution in [0.1, 0.15) is 207 Å². The molecule has 636 valence electrons. The van der Waals surface area contributed by atoms with Crippen LogP contribution in [0, 0.1) is 36.0 Å². The number of aliphatic hydroxyl groups is 3. The second-order valence-electron chi connectivity index (χ2n) is 26.6. The molecule has 2 unspecified atom stereocenters. The fraction of sp³-hybridized carbons (Fsp3) is 0.657. The van der Waals surface area contributed by atoms with E-state index in [2.05, 4.69) is 73.1 Å². The van der Waals surface area contributed by atoms with E-state index >= 15 is 0 Å². The van der Waals surface area contributed by atoms with Gasteiger partial charge in [0.15, 0.2) is 40.1 Å². The van der Waals surface area contributed by atoms with E-state index in [0.717, 1.165) is 7.11 Å². The van der Waals surface area contributed by atoms with Gasteiger partial charge in [-0.25, -0.2) is 28.3 Å². The fourth-order valence-electron chi connectivity index (χ4n) is 6.80. The number of carbonyl (C=O) groups excluding carboxylic acids is 14. The number of Topliss-reactive ketones (excluding diaryl/α,β-unsaturated/α-hetero) is 3. The maximum Gasteiger partial charge on any atom is 0.446 e. The zero-order valence-electron chi connectivity index (χ0n) is 65.7. The number of halogens is 3. The quantitative estimate of drug-likeness (QED) is 0.00833. The number of amides is 2. The number of aromatic nitrogens is 12. The molecule has 7 atom stereocenters. The maximum atomic E-state index is 12.0. The predicted molar refractivity (Wildman–Crippen MR) is 391 cm³/mol. The third-order valence-electron chi connectivity index (χ3n) is 11.8. The summed E-state index contributed by atoms with van der Waals surface area (Å²) in [5.74, 6) is -4.18. The van der Waals surface area contributed by atoms with E-state index in [4.69, 9.17) is 61.2 Å². The van der Waals surface area contributed by atoms with Crippen molar-refractivity contribution in [2.24, 2.45) is 46.0 Å². The van der Waals surface area contributed by atoms with Crippen LogP contribution in [-0.2, 0) is 103 Å². The number of rotatable bonds is 27. The van der Waals surface area contributed by atoms with E-state index < -0.39 is 101 Å². The van der Waals surface area contributed by atoms with Gasteiger partial charge in [-0.1, -0.05) is 68.5 Å². The number of aliphatic hydroxyl groups excluding tert-OH is 3. The molecule has 0 spiro atoms. The van der Waals surface area contributed by atoms with Crippen molar-refractivity contribution in [1.82, 2.24) is 66.1 Å². The Bertz CT molecular complexity index is 3620. The lowest BCUT2D eigenvalue weighted by Gasteiger charge is -2.22. The summed E-state index contributed by atoms with van der Waals surface area (Å²) in [5, 5.41) is 58.7. The monoisotopic (exact) mass is 1610 g/mol. The van der Waals surface area contributed by atoms with E-state index in [9.17, 15) is 76.1 Å². The van der Waals surface area contributed by atoms with Crippen LogP contribution in [0.4, 0.5) is 13.2 Å². The molecular formula is C67H114F3N19O23. The van der Waals surface area contributed by atoms with Crippen molar-refractivity contribution < 1.29 is 124 Å². The Hall–Kier alpha value is -11.2. The largest absolute Gasteiger partial charge is 0.464 e. The minimum absolute atomic E-state index is 0. The lowest BCUT2D eigenvalue weighted by atomic mass is 10.0. The first kappa shape index (κ1) is 117. The molecule has 0 radical (unpaired) electrons. The highest BCUT2D eigenvalue weighted by Gasteiger charge is 2.28. The Kier molecular flexibility index (Phi) is 61.2. The smallest absolute Gasteiger partial charge is 0.446 e. The summed E-state index contributed by atoms with van der Waals surface area (Å²) >= 11 is 0. The number of hydrogen-bond donors (Lipinski definition) is 7. The van der Waals surface area contributed by atoms with Crippen molar-refractivity contribution in [2.75, 3.05) is 27.9 Å².